The van der Waals surface area contributed by atoms with Crippen LogP contribution < -0.4 is 5.32 Å². The van der Waals surface area contributed by atoms with Crippen LogP contribution in [-0.2, 0) is 4.79 Å². The van der Waals surface area contributed by atoms with Gasteiger partial charge in [-0.2, -0.15) is 0 Å². The third-order valence-electron chi connectivity index (χ3n) is 1.47. The number of nitrogens with one attached hydrogen (secondary N) is 1. The Morgan fingerprint density at radius 2 is 2.08 bits per heavy atom. The normalized spacial score (nSPS) is 11.2. The molecule has 0 rings (SSSR count). The van der Waals surface area contributed by atoms with E-state index in [1.165, 1.54) is 12.5 Å². The molecule has 0 saturated carbocycles. The summed E-state index contributed by atoms with van der Waals surface area (Å²) in [5.74, 6) is -0.136. The Morgan fingerprint density at radius 1 is 1.50 bits per heavy atom. The highest BCUT2D eigenvalue weighted by Gasteiger charge is 2.22. The van der Waals surface area contributed by atoms with Gasteiger partial charge < -0.3 is 5.32 Å². The lowest BCUT2D eigenvalue weighted by molar-refractivity contribution is -0.125. The first-order valence-electron chi connectivity index (χ1n) is 3.61. The Balaban J connectivity index is 4.12. The van der Waals surface area contributed by atoms with Crippen molar-refractivity contribution in [1.29, 1.82) is 0 Å². The summed E-state index contributed by atoms with van der Waals surface area (Å²) in [4.78, 5) is 14.9. The van der Waals surface area contributed by atoms with Crippen molar-refractivity contribution >= 4 is 12.2 Å². The standard InChI is InChI=1S/C9H14N2O/c1-5-9(3,4)8(12)11-7-10-6-2/h5-7H,1-2H2,3-4H3,(H,10,11,12). The number of nitrogens with zero attached hydrogens (tertiary/aromatic N) is 1. The monoisotopic (exact) mass is 166 g/mol. The topological polar surface area (TPSA) is 41.5 Å². The predicted octanol–water partition coefficient (Wildman–Crippen LogP) is 1.49. The molecule has 0 fully saturated rings. The molecule has 0 aliphatic rings. The number of carbonyl (C=O) groups excluding carboxylic acids is 1. The van der Waals surface area contributed by atoms with Crippen LogP contribution in [0.15, 0.2) is 30.4 Å². The number of amides is 1. The van der Waals surface area contributed by atoms with Crippen LogP contribution in [0.1, 0.15) is 13.8 Å². The Hall–Kier alpha value is -1.38. The highest BCUT2D eigenvalue weighted by atomic mass is 16.2. The minimum Gasteiger partial charge on any atom is -0.316 e. The molecule has 0 spiro atoms. The van der Waals surface area contributed by atoms with E-state index in [1.54, 1.807) is 19.9 Å². The summed E-state index contributed by atoms with van der Waals surface area (Å²) in [5, 5.41) is 2.50. The molecule has 12 heavy (non-hydrogen) atoms. The minimum absolute atomic E-state index is 0.136. The molecule has 0 bridgehead atoms. The molecule has 0 aliphatic heterocycles. The molecule has 1 N–H and O–H groups in total. The van der Waals surface area contributed by atoms with Gasteiger partial charge in [-0.05, 0) is 13.8 Å². The third kappa shape index (κ3) is 3.14. The van der Waals surface area contributed by atoms with Gasteiger partial charge in [0.15, 0.2) is 0 Å². The number of carbonyl (C=O) groups is 1. The van der Waals surface area contributed by atoms with Gasteiger partial charge in [-0.3, -0.25) is 4.79 Å². The van der Waals surface area contributed by atoms with Gasteiger partial charge in [0.2, 0.25) is 5.91 Å². The number of rotatable bonds is 4. The van der Waals surface area contributed by atoms with E-state index in [1.807, 2.05) is 0 Å². The first kappa shape index (κ1) is 10.6. The molecule has 0 radical (unpaired) electrons. The van der Waals surface area contributed by atoms with Crippen molar-refractivity contribution in [3.8, 4) is 0 Å². The van der Waals surface area contributed by atoms with Crippen LogP contribution in [0, 0.1) is 5.41 Å². The van der Waals surface area contributed by atoms with Crippen LogP contribution in [-0.4, -0.2) is 12.2 Å². The van der Waals surface area contributed by atoms with Gasteiger partial charge in [0, 0.05) is 6.20 Å². The predicted molar refractivity (Wildman–Crippen MR) is 50.8 cm³/mol. The summed E-state index contributed by atoms with van der Waals surface area (Å²) in [6, 6.07) is 0. The van der Waals surface area contributed by atoms with Crippen molar-refractivity contribution < 1.29 is 4.79 Å². The fourth-order valence-corrected chi connectivity index (χ4v) is 0.427. The fraction of sp³-hybridized carbons (Fsp3) is 0.333. The van der Waals surface area contributed by atoms with Crippen molar-refractivity contribution in [2.75, 3.05) is 0 Å². The lowest BCUT2D eigenvalue weighted by atomic mass is 9.93. The van der Waals surface area contributed by atoms with E-state index >= 15 is 0 Å². The summed E-state index contributed by atoms with van der Waals surface area (Å²) in [6.07, 6.45) is 4.24. The second kappa shape index (κ2) is 4.49. The van der Waals surface area contributed by atoms with Crippen molar-refractivity contribution in [1.82, 2.24) is 5.32 Å². The Kier molecular flexibility index (Phi) is 3.97. The van der Waals surface area contributed by atoms with Crippen LogP contribution in [0.3, 0.4) is 0 Å². The summed E-state index contributed by atoms with van der Waals surface area (Å²) >= 11 is 0. The second-order valence-electron chi connectivity index (χ2n) is 2.86. The van der Waals surface area contributed by atoms with Crippen LogP contribution in [0.4, 0.5) is 0 Å². The van der Waals surface area contributed by atoms with E-state index < -0.39 is 5.41 Å². The van der Waals surface area contributed by atoms with Crippen LogP contribution >= 0.6 is 0 Å². The van der Waals surface area contributed by atoms with Gasteiger partial charge in [0.1, 0.15) is 0 Å². The molecular formula is C9H14N2O. The molecule has 0 atom stereocenters. The number of aliphatic imine (C=N–C) groups is 1. The molecule has 1 amide bonds. The van der Waals surface area contributed by atoms with Gasteiger partial charge >= 0.3 is 0 Å². The zero-order valence-electron chi connectivity index (χ0n) is 7.50. The Bertz CT molecular complexity index is 217. The first-order valence-corrected chi connectivity index (χ1v) is 3.61. The van der Waals surface area contributed by atoms with E-state index in [0.717, 1.165) is 0 Å². The zero-order valence-corrected chi connectivity index (χ0v) is 7.50. The molecule has 3 heteroatoms. The molecule has 0 aliphatic carbocycles. The molecule has 0 saturated heterocycles. The molecule has 0 unspecified atom stereocenters. The van der Waals surface area contributed by atoms with Gasteiger partial charge in [0.05, 0.1) is 11.8 Å². The van der Waals surface area contributed by atoms with Crippen LogP contribution in [0.5, 0.6) is 0 Å². The maximum atomic E-state index is 11.3. The van der Waals surface area contributed by atoms with Crippen molar-refractivity contribution in [3.63, 3.8) is 0 Å². The number of hydrogen-bond donors (Lipinski definition) is 1. The van der Waals surface area contributed by atoms with Gasteiger partial charge in [-0.25, -0.2) is 4.99 Å². The maximum absolute atomic E-state index is 11.3. The van der Waals surface area contributed by atoms with E-state index in [-0.39, 0.29) is 5.91 Å². The zero-order chi connectivity index (χ0) is 9.61. The van der Waals surface area contributed by atoms with Crippen molar-refractivity contribution in [2.24, 2.45) is 10.4 Å². The Morgan fingerprint density at radius 3 is 2.50 bits per heavy atom. The van der Waals surface area contributed by atoms with E-state index in [0.29, 0.717) is 0 Å². The quantitative estimate of drug-likeness (QED) is 0.383. The van der Waals surface area contributed by atoms with Gasteiger partial charge in [-0.15, -0.1) is 6.58 Å². The van der Waals surface area contributed by atoms with Crippen molar-refractivity contribution in [3.05, 3.63) is 25.4 Å². The lowest BCUT2D eigenvalue weighted by Crippen LogP contribution is -2.34. The second-order valence-corrected chi connectivity index (χ2v) is 2.86. The summed E-state index contributed by atoms with van der Waals surface area (Å²) < 4.78 is 0. The Labute approximate surface area is 72.9 Å². The average Bonchev–Trinajstić information content (AvgIpc) is 2.05. The molecule has 3 nitrogen and oxygen atoms in total. The SMILES string of the molecule is C=CN=CNC(=O)C(C)(C)C=C. The maximum Gasteiger partial charge on any atom is 0.234 e. The highest BCUT2D eigenvalue weighted by molar-refractivity contribution is 5.92. The summed E-state index contributed by atoms with van der Waals surface area (Å²) in [5.41, 5.74) is -0.562. The van der Waals surface area contributed by atoms with E-state index in [2.05, 4.69) is 23.5 Å². The molecule has 66 valence electrons. The summed E-state index contributed by atoms with van der Waals surface area (Å²) in [6.45, 7) is 10.5. The van der Waals surface area contributed by atoms with Crippen LogP contribution in [0.2, 0.25) is 0 Å². The first-order chi connectivity index (χ1) is 5.54. The lowest BCUT2D eigenvalue weighted by Gasteiger charge is -2.16. The molecule has 0 aromatic rings. The third-order valence-corrected chi connectivity index (χ3v) is 1.47. The molecule has 0 aromatic heterocycles. The molecular weight excluding hydrogens is 152 g/mol. The van der Waals surface area contributed by atoms with Gasteiger partial charge in [0.25, 0.3) is 0 Å². The molecule has 0 aromatic carbocycles. The summed E-state index contributed by atoms with van der Waals surface area (Å²) in [7, 11) is 0. The van der Waals surface area contributed by atoms with E-state index in [9.17, 15) is 4.79 Å². The van der Waals surface area contributed by atoms with E-state index in [4.69, 9.17) is 0 Å². The smallest absolute Gasteiger partial charge is 0.234 e. The van der Waals surface area contributed by atoms with Crippen LogP contribution in [0.25, 0.3) is 0 Å². The van der Waals surface area contributed by atoms with Crippen molar-refractivity contribution in [2.45, 2.75) is 13.8 Å². The molecule has 0 heterocycles. The minimum atomic E-state index is -0.562. The van der Waals surface area contributed by atoms with Gasteiger partial charge in [-0.1, -0.05) is 12.7 Å². The number of hydrogen-bond acceptors (Lipinski definition) is 2. The largest absolute Gasteiger partial charge is 0.316 e. The average molecular weight is 166 g/mol. The fourth-order valence-electron chi connectivity index (χ4n) is 0.427. The highest BCUT2D eigenvalue weighted by Crippen LogP contribution is 2.14.